The van der Waals surface area contributed by atoms with Crippen molar-refractivity contribution in [1.29, 1.82) is 0 Å². The van der Waals surface area contributed by atoms with E-state index in [0.717, 1.165) is 38.5 Å². The van der Waals surface area contributed by atoms with Gasteiger partial charge in [-0.3, -0.25) is 4.79 Å². The number of aliphatic hydroxyl groups is 4. The Morgan fingerprint density at radius 1 is 0.333 bits per heavy atom. The van der Waals surface area contributed by atoms with E-state index < -0.39 is 36.9 Å². The van der Waals surface area contributed by atoms with Gasteiger partial charge in [-0.25, -0.2) is 0 Å². The van der Waals surface area contributed by atoms with Gasteiger partial charge in [0.2, 0.25) is 5.91 Å². The van der Waals surface area contributed by atoms with E-state index in [-0.39, 0.29) is 0 Å². The van der Waals surface area contributed by atoms with Crippen LogP contribution in [0.25, 0.3) is 0 Å². The molecule has 0 aliphatic rings. The van der Waals surface area contributed by atoms with Crippen LogP contribution in [0.3, 0.4) is 0 Å². The maximum Gasteiger partial charge on any atom is 0.249 e. The summed E-state index contributed by atoms with van der Waals surface area (Å²) in [6, 6.07) is -1.000. The van der Waals surface area contributed by atoms with Gasteiger partial charge in [0.15, 0.2) is 0 Å². The fourth-order valence-electron chi connectivity index (χ4n) is 10.8. The minimum atomic E-state index is -1.28. The molecule has 430 valence electrons. The average molecular weight is 1020 g/mol. The first-order chi connectivity index (χ1) is 35.5. The van der Waals surface area contributed by atoms with E-state index in [4.69, 9.17) is 0 Å². The standard InChI is InChI=1S/C66H131NO5/c1-3-5-7-9-11-13-15-17-19-21-23-25-27-29-31-32-33-34-36-37-39-41-43-45-47-49-51-53-55-57-59-63(69)65(71)62(61-68)67-66(72)64(70)60-58-56-54-52-50-48-46-44-42-40-38-35-30-28-26-24-22-20-18-16-14-12-10-8-6-4-2/h51,53,62-65,68-71H,3-50,52,54-61H2,1-2H3,(H,67,72)/b53-51+. The van der Waals surface area contributed by atoms with Crippen LogP contribution in [-0.4, -0.2) is 57.3 Å². The van der Waals surface area contributed by atoms with Crippen molar-refractivity contribution in [3.05, 3.63) is 12.2 Å². The first-order valence-corrected chi connectivity index (χ1v) is 33.1. The van der Waals surface area contributed by atoms with Gasteiger partial charge in [-0.1, -0.05) is 347 Å². The van der Waals surface area contributed by atoms with Gasteiger partial charge in [0.1, 0.15) is 12.2 Å². The van der Waals surface area contributed by atoms with Crippen LogP contribution in [0.2, 0.25) is 0 Å². The number of rotatable bonds is 62. The van der Waals surface area contributed by atoms with Crippen molar-refractivity contribution >= 4 is 5.91 Å². The summed E-state index contributed by atoms with van der Waals surface area (Å²) in [5.41, 5.74) is 0. The molecule has 0 spiro atoms. The van der Waals surface area contributed by atoms with Gasteiger partial charge in [-0.2, -0.15) is 0 Å². The zero-order valence-electron chi connectivity index (χ0n) is 49.0. The average Bonchev–Trinajstić information content (AvgIpc) is 3.39. The van der Waals surface area contributed by atoms with Crippen LogP contribution in [0.1, 0.15) is 373 Å². The lowest BCUT2D eigenvalue weighted by atomic mass is 10.00. The highest BCUT2D eigenvalue weighted by Gasteiger charge is 2.28. The Morgan fingerprint density at radius 2 is 0.569 bits per heavy atom. The van der Waals surface area contributed by atoms with Crippen LogP contribution in [0.4, 0.5) is 0 Å². The van der Waals surface area contributed by atoms with Crippen LogP contribution in [0.15, 0.2) is 12.2 Å². The van der Waals surface area contributed by atoms with Gasteiger partial charge in [-0.15, -0.1) is 0 Å². The van der Waals surface area contributed by atoms with Crippen molar-refractivity contribution in [1.82, 2.24) is 5.32 Å². The van der Waals surface area contributed by atoms with Crippen molar-refractivity contribution in [2.24, 2.45) is 0 Å². The van der Waals surface area contributed by atoms with Crippen molar-refractivity contribution in [3.8, 4) is 0 Å². The largest absolute Gasteiger partial charge is 0.394 e. The number of hydrogen-bond donors (Lipinski definition) is 5. The molecule has 0 saturated carbocycles. The number of aliphatic hydroxyl groups excluding tert-OH is 4. The Balaban J connectivity index is 3.56. The van der Waals surface area contributed by atoms with Crippen LogP contribution >= 0.6 is 0 Å². The number of carbonyl (C=O) groups excluding carboxylic acids is 1. The third-order valence-corrected chi connectivity index (χ3v) is 16.0. The summed E-state index contributed by atoms with van der Waals surface area (Å²) in [5, 5.41) is 44.1. The zero-order chi connectivity index (χ0) is 52.3. The monoisotopic (exact) mass is 1020 g/mol. The molecule has 4 atom stereocenters. The molecule has 5 N–H and O–H groups in total. The molecule has 72 heavy (non-hydrogen) atoms. The van der Waals surface area contributed by atoms with E-state index in [2.05, 4.69) is 31.3 Å². The van der Waals surface area contributed by atoms with Crippen molar-refractivity contribution < 1.29 is 25.2 Å². The molecule has 6 heteroatoms. The molecule has 0 aliphatic heterocycles. The SMILES string of the molecule is CCCCCCCCCCCCCCCCCCCCCCCCCCC/C=C/CCCC(O)C(O)C(CO)NC(=O)C(O)CCCCCCCCCCCCCCCCCCCCCCCCCCCC. The fraction of sp³-hybridized carbons (Fsp3) is 0.955. The number of carbonyl (C=O) groups is 1. The lowest BCUT2D eigenvalue weighted by Gasteiger charge is -2.27. The van der Waals surface area contributed by atoms with Crippen molar-refractivity contribution in [3.63, 3.8) is 0 Å². The summed E-state index contributed by atoms with van der Waals surface area (Å²) < 4.78 is 0. The predicted octanol–water partition coefficient (Wildman–Crippen LogP) is 20.0. The quantitative estimate of drug-likeness (QED) is 0.0308. The second-order valence-electron chi connectivity index (χ2n) is 23.2. The van der Waals surface area contributed by atoms with Gasteiger partial charge in [0.05, 0.1) is 18.8 Å². The van der Waals surface area contributed by atoms with E-state index in [1.807, 2.05) is 0 Å². The Kier molecular flexibility index (Phi) is 60.1. The Bertz CT molecular complexity index is 1050. The molecule has 0 bridgehead atoms. The van der Waals surface area contributed by atoms with Crippen LogP contribution < -0.4 is 5.32 Å². The highest BCUT2D eigenvalue weighted by Crippen LogP contribution is 2.19. The highest BCUT2D eigenvalue weighted by molar-refractivity contribution is 5.80. The zero-order valence-corrected chi connectivity index (χ0v) is 49.0. The molecule has 0 aromatic carbocycles. The number of hydrogen-bond acceptors (Lipinski definition) is 5. The molecule has 0 saturated heterocycles. The summed E-state index contributed by atoms with van der Waals surface area (Å²) in [5.74, 6) is -0.585. The number of amides is 1. The molecule has 0 aromatic heterocycles. The minimum Gasteiger partial charge on any atom is -0.394 e. The lowest BCUT2D eigenvalue weighted by Crippen LogP contribution is -2.53. The highest BCUT2D eigenvalue weighted by atomic mass is 16.3. The summed E-state index contributed by atoms with van der Waals surface area (Å²) in [7, 11) is 0. The van der Waals surface area contributed by atoms with E-state index in [1.54, 1.807) is 0 Å². The maximum atomic E-state index is 12.6. The summed E-state index contributed by atoms with van der Waals surface area (Å²) in [6.07, 6.45) is 74.7. The predicted molar refractivity (Wildman–Crippen MR) is 316 cm³/mol. The number of nitrogens with one attached hydrogen (secondary N) is 1. The normalized spacial score (nSPS) is 13.6. The van der Waals surface area contributed by atoms with Crippen LogP contribution in [0, 0.1) is 0 Å². The third-order valence-electron chi connectivity index (χ3n) is 16.0. The lowest BCUT2D eigenvalue weighted by molar-refractivity contribution is -0.132. The Labute approximate surface area is 451 Å². The van der Waals surface area contributed by atoms with Crippen molar-refractivity contribution in [2.75, 3.05) is 6.61 Å². The van der Waals surface area contributed by atoms with Crippen LogP contribution in [-0.2, 0) is 4.79 Å². The second-order valence-corrected chi connectivity index (χ2v) is 23.2. The molecular formula is C66H131NO5. The van der Waals surface area contributed by atoms with Gasteiger partial charge in [0.25, 0.3) is 0 Å². The first-order valence-electron chi connectivity index (χ1n) is 33.1. The molecule has 0 fully saturated rings. The molecular weight excluding hydrogens is 887 g/mol. The van der Waals surface area contributed by atoms with E-state index in [0.29, 0.717) is 12.8 Å². The molecule has 6 nitrogen and oxygen atoms in total. The van der Waals surface area contributed by atoms with Gasteiger partial charge in [0, 0.05) is 0 Å². The summed E-state index contributed by atoms with van der Waals surface area (Å²) >= 11 is 0. The number of unbranched alkanes of at least 4 members (excludes halogenated alkanes) is 51. The van der Waals surface area contributed by atoms with Gasteiger partial charge >= 0.3 is 0 Å². The van der Waals surface area contributed by atoms with Crippen LogP contribution in [0.5, 0.6) is 0 Å². The number of allylic oxidation sites excluding steroid dienone is 2. The fourth-order valence-corrected chi connectivity index (χ4v) is 10.8. The van der Waals surface area contributed by atoms with E-state index >= 15 is 0 Å². The Hall–Kier alpha value is -0.950. The molecule has 0 radical (unpaired) electrons. The summed E-state index contributed by atoms with van der Waals surface area (Å²) in [4.78, 5) is 12.6. The van der Waals surface area contributed by atoms with Gasteiger partial charge < -0.3 is 25.7 Å². The topological polar surface area (TPSA) is 110 Å². The van der Waals surface area contributed by atoms with Gasteiger partial charge in [-0.05, 0) is 38.5 Å². The maximum absolute atomic E-state index is 12.6. The first kappa shape index (κ1) is 71.0. The molecule has 4 unspecified atom stereocenters. The molecule has 1 amide bonds. The molecule has 0 aromatic rings. The molecule has 0 heterocycles. The minimum absolute atomic E-state index is 0.369. The molecule has 0 aliphatic carbocycles. The van der Waals surface area contributed by atoms with E-state index in [1.165, 1.54) is 308 Å². The third kappa shape index (κ3) is 53.9. The molecule has 0 rings (SSSR count). The Morgan fingerprint density at radius 3 is 0.833 bits per heavy atom. The second kappa shape index (κ2) is 60.9. The van der Waals surface area contributed by atoms with Crippen molar-refractivity contribution in [2.45, 2.75) is 398 Å². The summed E-state index contributed by atoms with van der Waals surface area (Å²) in [6.45, 7) is 4.10. The van der Waals surface area contributed by atoms with E-state index in [9.17, 15) is 25.2 Å². The smallest absolute Gasteiger partial charge is 0.249 e.